The topological polar surface area (TPSA) is 29.3 Å². The summed E-state index contributed by atoms with van der Waals surface area (Å²) in [7, 11) is 0. The van der Waals surface area contributed by atoms with Crippen LogP contribution in [-0.4, -0.2) is 30.1 Å². The second-order valence-electron chi connectivity index (χ2n) is 5.01. The molecule has 0 unspecified atom stereocenters. The Balaban J connectivity index is 3.85. The molecule has 0 bridgehead atoms. The Kier molecular flexibility index (Phi) is 7.20. The Hall–Kier alpha value is -0.0800. The number of hydrogen-bond acceptors (Lipinski definition) is 2. The van der Waals surface area contributed by atoms with Crippen LogP contribution in [-0.2, 0) is 0 Å². The molecule has 0 amide bonds. The van der Waals surface area contributed by atoms with Crippen molar-refractivity contribution in [2.75, 3.05) is 19.6 Å². The highest BCUT2D eigenvalue weighted by atomic mass is 15.2. The van der Waals surface area contributed by atoms with Crippen LogP contribution in [0.2, 0.25) is 0 Å². The van der Waals surface area contributed by atoms with E-state index in [-0.39, 0.29) is 0 Å². The van der Waals surface area contributed by atoms with Crippen molar-refractivity contribution in [2.45, 2.75) is 58.9 Å². The maximum absolute atomic E-state index is 5.51. The van der Waals surface area contributed by atoms with Crippen LogP contribution in [0.5, 0.6) is 0 Å². The van der Waals surface area contributed by atoms with Crippen LogP contribution in [0.4, 0.5) is 0 Å². The molecule has 2 N–H and O–H groups in total. The summed E-state index contributed by atoms with van der Waals surface area (Å²) in [5, 5.41) is 0. The van der Waals surface area contributed by atoms with Gasteiger partial charge in [-0.15, -0.1) is 0 Å². The van der Waals surface area contributed by atoms with Gasteiger partial charge in [0.05, 0.1) is 0 Å². The van der Waals surface area contributed by atoms with Gasteiger partial charge in [-0.25, -0.2) is 0 Å². The lowest BCUT2D eigenvalue weighted by Crippen LogP contribution is -2.42. The van der Waals surface area contributed by atoms with E-state index in [1.54, 1.807) is 0 Å². The van der Waals surface area contributed by atoms with E-state index >= 15 is 0 Å². The number of unbranched alkanes of at least 4 members (excludes halogenated alkanes) is 2. The van der Waals surface area contributed by atoms with Gasteiger partial charge in [0.25, 0.3) is 0 Å². The molecule has 0 heterocycles. The number of nitrogens with zero attached hydrogens (tertiary/aromatic N) is 1. The highest BCUT2D eigenvalue weighted by molar-refractivity contribution is 4.75. The average Bonchev–Trinajstić information content (AvgIpc) is 2.09. The van der Waals surface area contributed by atoms with Crippen molar-refractivity contribution in [3.8, 4) is 0 Å². The van der Waals surface area contributed by atoms with E-state index in [1.807, 2.05) is 0 Å². The molecule has 0 atom stereocenters. The molecule has 0 aliphatic rings. The van der Waals surface area contributed by atoms with Gasteiger partial charge in [0.2, 0.25) is 0 Å². The molecule has 0 spiro atoms. The van der Waals surface area contributed by atoms with Crippen molar-refractivity contribution in [3.63, 3.8) is 0 Å². The minimum absolute atomic E-state index is 0.309. The zero-order valence-corrected chi connectivity index (χ0v) is 10.5. The summed E-state index contributed by atoms with van der Waals surface area (Å²) in [5.41, 5.74) is 5.81. The van der Waals surface area contributed by atoms with Crippen LogP contribution < -0.4 is 5.73 Å². The first-order chi connectivity index (χ1) is 6.52. The van der Waals surface area contributed by atoms with Crippen molar-refractivity contribution in [1.82, 2.24) is 4.90 Å². The Morgan fingerprint density at radius 3 is 2.00 bits per heavy atom. The lowest BCUT2D eigenvalue weighted by atomic mass is 10.0. The molecule has 2 nitrogen and oxygen atoms in total. The van der Waals surface area contributed by atoms with E-state index in [0.717, 1.165) is 13.0 Å². The van der Waals surface area contributed by atoms with Crippen LogP contribution in [0.15, 0.2) is 0 Å². The van der Waals surface area contributed by atoms with Crippen LogP contribution in [0.25, 0.3) is 0 Å². The lowest BCUT2D eigenvalue weighted by Gasteiger charge is -2.35. The van der Waals surface area contributed by atoms with E-state index in [2.05, 4.69) is 32.6 Å². The largest absolute Gasteiger partial charge is 0.330 e. The highest BCUT2D eigenvalue weighted by Crippen LogP contribution is 2.14. The molecular weight excluding hydrogens is 172 g/mol. The van der Waals surface area contributed by atoms with Crippen LogP contribution in [0.1, 0.15) is 53.4 Å². The maximum atomic E-state index is 5.51. The van der Waals surface area contributed by atoms with E-state index in [0.29, 0.717) is 5.54 Å². The average molecular weight is 200 g/mol. The molecule has 0 saturated heterocycles. The van der Waals surface area contributed by atoms with Gasteiger partial charge in [0.1, 0.15) is 0 Å². The summed E-state index contributed by atoms with van der Waals surface area (Å²) in [6.07, 6.45) is 4.97. The minimum Gasteiger partial charge on any atom is -0.330 e. The number of hydrogen-bond donors (Lipinski definition) is 1. The van der Waals surface area contributed by atoms with E-state index in [9.17, 15) is 0 Å². The van der Waals surface area contributed by atoms with Crippen LogP contribution in [0, 0.1) is 0 Å². The first kappa shape index (κ1) is 13.9. The second kappa shape index (κ2) is 7.24. The quantitative estimate of drug-likeness (QED) is 0.640. The van der Waals surface area contributed by atoms with Crippen LogP contribution in [0.3, 0.4) is 0 Å². The fourth-order valence-electron chi connectivity index (χ4n) is 1.58. The number of rotatable bonds is 7. The molecule has 0 rings (SSSR count). The maximum Gasteiger partial charge on any atom is 0.0125 e. The predicted molar refractivity (Wildman–Crippen MR) is 64.5 cm³/mol. The van der Waals surface area contributed by atoms with E-state index in [1.165, 1.54) is 32.4 Å². The summed E-state index contributed by atoms with van der Waals surface area (Å²) in [4.78, 5) is 2.58. The van der Waals surface area contributed by atoms with Gasteiger partial charge in [-0.3, -0.25) is 4.90 Å². The Morgan fingerprint density at radius 1 is 1.00 bits per heavy atom. The third-order valence-corrected chi connectivity index (χ3v) is 2.61. The standard InChI is InChI=1S/C12H28N2/c1-5-6-10-14(12(2,3)4)11-8-7-9-13/h5-11,13H2,1-4H3. The molecule has 0 aliphatic heterocycles. The SMILES string of the molecule is CCCCN(CCCCN)C(C)(C)C. The third-order valence-electron chi connectivity index (χ3n) is 2.61. The smallest absolute Gasteiger partial charge is 0.0125 e. The molecule has 14 heavy (non-hydrogen) atoms. The van der Waals surface area contributed by atoms with Gasteiger partial charge in [0, 0.05) is 5.54 Å². The van der Waals surface area contributed by atoms with Crippen molar-refractivity contribution >= 4 is 0 Å². The summed E-state index contributed by atoms with van der Waals surface area (Å²) < 4.78 is 0. The van der Waals surface area contributed by atoms with E-state index in [4.69, 9.17) is 5.73 Å². The molecule has 0 radical (unpaired) electrons. The van der Waals surface area contributed by atoms with Crippen molar-refractivity contribution < 1.29 is 0 Å². The normalized spacial score (nSPS) is 12.4. The Labute approximate surface area is 89.9 Å². The first-order valence-electron chi connectivity index (χ1n) is 5.97. The molecule has 0 fully saturated rings. The monoisotopic (exact) mass is 200 g/mol. The lowest BCUT2D eigenvalue weighted by molar-refractivity contribution is 0.132. The Morgan fingerprint density at radius 2 is 1.57 bits per heavy atom. The molecule has 0 aliphatic carbocycles. The third kappa shape index (κ3) is 6.39. The molecule has 0 aromatic carbocycles. The molecule has 2 heteroatoms. The Bertz CT molecular complexity index is 127. The summed E-state index contributed by atoms with van der Waals surface area (Å²) in [5.74, 6) is 0. The van der Waals surface area contributed by atoms with Gasteiger partial charge in [-0.05, 0) is 59.7 Å². The summed E-state index contributed by atoms with van der Waals surface area (Å²) >= 11 is 0. The fraction of sp³-hybridized carbons (Fsp3) is 1.00. The zero-order valence-electron chi connectivity index (χ0n) is 10.5. The predicted octanol–water partition coefficient (Wildman–Crippen LogP) is 2.63. The van der Waals surface area contributed by atoms with Gasteiger partial charge in [0.15, 0.2) is 0 Å². The molecule has 0 aromatic rings. The van der Waals surface area contributed by atoms with Gasteiger partial charge < -0.3 is 5.73 Å². The van der Waals surface area contributed by atoms with Crippen molar-refractivity contribution in [2.24, 2.45) is 5.73 Å². The molecule has 0 aromatic heterocycles. The minimum atomic E-state index is 0.309. The summed E-state index contributed by atoms with van der Waals surface area (Å²) in [6.45, 7) is 12.4. The van der Waals surface area contributed by atoms with E-state index < -0.39 is 0 Å². The van der Waals surface area contributed by atoms with Gasteiger partial charge >= 0.3 is 0 Å². The van der Waals surface area contributed by atoms with Crippen molar-refractivity contribution in [1.29, 1.82) is 0 Å². The number of nitrogens with two attached hydrogens (primary N) is 1. The van der Waals surface area contributed by atoms with Gasteiger partial charge in [-0.2, -0.15) is 0 Å². The molecule has 86 valence electrons. The second-order valence-corrected chi connectivity index (χ2v) is 5.01. The first-order valence-corrected chi connectivity index (χ1v) is 5.97. The van der Waals surface area contributed by atoms with Crippen LogP contribution >= 0.6 is 0 Å². The van der Waals surface area contributed by atoms with Crippen molar-refractivity contribution in [3.05, 3.63) is 0 Å². The molecule has 0 saturated carbocycles. The van der Waals surface area contributed by atoms with Gasteiger partial charge in [-0.1, -0.05) is 13.3 Å². The fourth-order valence-corrected chi connectivity index (χ4v) is 1.58. The summed E-state index contributed by atoms with van der Waals surface area (Å²) in [6, 6.07) is 0. The molecular formula is C12H28N2. The zero-order chi connectivity index (χ0) is 11.0. The highest BCUT2D eigenvalue weighted by Gasteiger charge is 2.19.